The number of nitrogens with zero attached hydrogens (tertiary/aromatic N) is 3. The third-order valence-corrected chi connectivity index (χ3v) is 10.2. The number of hydrogen-bond acceptors (Lipinski definition) is 7. The fourth-order valence-corrected chi connectivity index (χ4v) is 8.67. The standard InChI is InChI=1S/C25H25FN4O4S/c1-28-18-16-9-35-23-22(34-24(32)33)21(31)12-6-15(26)20(17(18)19(12)30(16)23)29-7-13-11-2-4-25(10-27,5-3-11)14(13)8-29/h6,9,11,13-14H,2-5,7-8,10,27H2,1H3,(H,32,33). The Kier molecular flexibility index (Phi) is 4.29. The average molecular weight is 497 g/mol. The molecule has 1 saturated heterocycles. The molecular weight excluding hydrogens is 471 g/mol. The van der Waals surface area contributed by atoms with E-state index in [9.17, 15) is 14.7 Å². The number of fused-ring (bicyclic) bond motifs is 2. The lowest BCUT2D eigenvalue weighted by Gasteiger charge is -2.53. The Labute approximate surface area is 203 Å². The van der Waals surface area contributed by atoms with Gasteiger partial charge in [-0.2, -0.15) is 0 Å². The fourth-order valence-electron chi connectivity index (χ4n) is 7.69. The summed E-state index contributed by atoms with van der Waals surface area (Å²) in [5.74, 6) is 0.794. The third kappa shape index (κ3) is 2.56. The van der Waals surface area contributed by atoms with E-state index in [1.165, 1.54) is 30.2 Å². The Bertz CT molecular complexity index is 1640. The van der Waals surface area contributed by atoms with Crippen molar-refractivity contribution in [2.45, 2.75) is 25.7 Å². The van der Waals surface area contributed by atoms with Gasteiger partial charge in [-0.3, -0.25) is 14.2 Å². The number of aromatic nitrogens is 1. The molecule has 1 aliphatic heterocycles. The molecule has 2 bridgehead atoms. The van der Waals surface area contributed by atoms with E-state index >= 15 is 4.39 Å². The van der Waals surface area contributed by atoms with E-state index in [0.717, 1.165) is 25.9 Å². The van der Waals surface area contributed by atoms with Crippen molar-refractivity contribution < 1.29 is 19.0 Å². The van der Waals surface area contributed by atoms with Gasteiger partial charge in [0.1, 0.15) is 10.6 Å². The first-order chi connectivity index (χ1) is 16.9. The van der Waals surface area contributed by atoms with Crippen molar-refractivity contribution in [2.75, 3.05) is 31.6 Å². The molecule has 2 atom stereocenters. The van der Waals surface area contributed by atoms with Gasteiger partial charge < -0.3 is 20.5 Å². The number of halogens is 1. The summed E-state index contributed by atoms with van der Waals surface area (Å²) < 4.78 is 22.7. The summed E-state index contributed by atoms with van der Waals surface area (Å²) in [6.07, 6.45) is 3.11. The summed E-state index contributed by atoms with van der Waals surface area (Å²) in [5.41, 5.74) is 7.60. The van der Waals surface area contributed by atoms with Gasteiger partial charge in [0.15, 0.2) is 0 Å². The van der Waals surface area contributed by atoms with Crippen molar-refractivity contribution in [3.63, 3.8) is 0 Å². The number of pyridine rings is 1. The molecule has 182 valence electrons. The maximum atomic E-state index is 16.0. The molecule has 0 amide bonds. The van der Waals surface area contributed by atoms with Crippen LogP contribution in [-0.4, -0.2) is 42.3 Å². The molecule has 4 heterocycles. The van der Waals surface area contributed by atoms with E-state index in [-0.39, 0.29) is 16.6 Å². The molecule has 8 rings (SSSR count). The summed E-state index contributed by atoms with van der Waals surface area (Å²) in [4.78, 5) is 31.6. The lowest BCUT2D eigenvalue weighted by molar-refractivity contribution is -0.0266. The average Bonchev–Trinajstić information content (AvgIpc) is 3.56. The topological polar surface area (TPSA) is 110 Å². The van der Waals surface area contributed by atoms with Crippen LogP contribution in [0.25, 0.3) is 26.6 Å². The molecule has 4 fully saturated rings. The van der Waals surface area contributed by atoms with E-state index in [1.807, 2.05) is 5.38 Å². The smallest absolute Gasteiger partial charge is 0.449 e. The second-order valence-electron chi connectivity index (χ2n) is 10.4. The highest BCUT2D eigenvalue weighted by atomic mass is 32.1. The summed E-state index contributed by atoms with van der Waals surface area (Å²) in [6, 6.07) is 1.24. The number of benzene rings is 1. The van der Waals surface area contributed by atoms with Crippen molar-refractivity contribution in [1.82, 2.24) is 4.40 Å². The van der Waals surface area contributed by atoms with Crippen molar-refractivity contribution in [2.24, 2.45) is 33.9 Å². The minimum atomic E-state index is -1.58. The molecule has 3 aliphatic carbocycles. The highest BCUT2D eigenvalue weighted by molar-refractivity contribution is 7.16. The minimum Gasteiger partial charge on any atom is -0.449 e. The molecule has 8 nitrogen and oxygen atoms in total. The van der Waals surface area contributed by atoms with E-state index < -0.39 is 17.4 Å². The number of carbonyl (C=O) groups is 1. The second kappa shape index (κ2) is 7.04. The quantitative estimate of drug-likeness (QED) is 0.421. The molecule has 3 N–H and O–H groups in total. The van der Waals surface area contributed by atoms with Crippen LogP contribution in [0.15, 0.2) is 21.2 Å². The lowest BCUT2D eigenvalue weighted by Crippen LogP contribution is -2.51. The number of hydrogen-bond donors (Lipinski definition) is 2. The maximum absolute atomic E-state index is 16.0. The highest BCUT2D eigenvalue weighted by Crippen LogP contribution is 2.59. The van der Waals surface area contributed by atoms with Crippen LogP contribution in [0, 0.1) is 29.0 Å². The van der Waals surface area contributed by atoms with Crippen molar-refractivity contribution in [3.8, 4) is 5.75 Å². The van der Waals surface area contributed by atoms with Gasteiger partial charge in [0.25, 0.3) is 0 Å². The first kappa shape index (κ1) is 21.3. The molecule has 1 aromatic carbocycles. The molecule has 2 unspecified atom stereocenters. The molecule has 0 spiro atoms. The highest BCUT2D eigenvalue weighted by Gasteiger charge is 2.56. The fraction of sp³-hybridized carbons (Fsp3) is 0.480. The Balaban J connectivity index is 1.49. The van der Waals surface area contributed by atoms with Crippen molar-refractivity contribution >= 4 is 49.8 Å². The van der Waals surface area contributed by atoms with Crippen molar-refractivity contribution in [1.29, 1.82) is 0 Å². The van der Waals surface area contributed by atoms with Gasteiger partial charge in [-0.15, -0.1) is 11.3 Å². The number of carboxylic acid groups (broad SMARTS) is 1. The third-order valence-electron chi connectivity index (χ3n) is 9.22. The van der Waals surface area contributed by atoms with Crippen LogP contribution >= 0.6 is 11.3 Å². The largest absolute Gasteiger partial charge is 0.511 e. The number of anilines is 1. The summed E-state index contributed by atoms with van der Waals surface area (Å²) in [6.45, 7) is 2.19. The normalized spacial score (nSPS) is 28.7. The Morgan fingerprint density at radius 3 is 2.83 bits per heavy atom. The molecule has 0 radical (unpaired) electrons. The number of ether oxygens (including phenoxy) is 1. The van der Waals surface area contributed by atoms with Crippen LogP contribution in [0.1, 0.15) is 25.7 Å². The van der Waals surface area contributed by atoms with Crippen molar-refractivity contribution in [3.05, 3.63) is 32.8 Å². The maximum Gasteiger partial charge on any atom is 0.511 e. The molecule has 3 aromatic heterocycles. The van der Waals surface area contributed by atoms with Gasteiger partial charge in [0.05, 0.1) is 32.9 Å². The zero-order chi connectivity index (χ0) is 24.2. The van der Waals surface area contributed by atoms with Crippen LogP contribution in [0.4, 0.5) is 14.9 Å². The SMILES string of the molecule is CN=c1c2c(N3CC4C5CCC(CN)(CC5)C4C3)c(F)cc3c(=O)c(OC(=O)O)c4scc1n4c32. The van der Waals surface area contributed by atoms with Gasteiger partial charge in [-0.1, -0.05) is 0 Å². The number of rotatable bonds is 3. The van der Waals surface area contributed by atoms with Crippen LogP contribution in [0.2, 0.25) is 0 Å². The van der Waals surface area contributed by atoms with Gasteiger partial charge in [0.2, 0.25) is 11.2 Å². The van der Waals surface area contributed by atoms with E-state index in [0.29, 0.717) is 56.6 Å². The van der Waals surface area contributed by atoms with Crippen LogP contribution in [0.3, 0.4) is 0 Å². The zero-order valence-corrected chi connectivity index (χ0v) is 20.0. The lowest BCUT2D eigenvalue weighted by atomic mass is 9.51. The van der Waals surface area contributed by atoms with Crippen LogP contribution < -0.4 is 26.2 Å². The van der Waals surface area contributed by atoms with Gasteiger partial charge in [0, 0.05) is 25.5 Å². The Hall–Kier alpha value is -2.98. The molecule has 4 aliphatic rings. The predicted molar refractivity (Wildman–Crippen MR) is 132 cm³/mol. The molecular formula is C25H25FN4O4S. The summed E-state index contributed by atoms with van der Waals surface area (Å²) >= 11 is 1.22. The zero-order valence-electron chi connectivity index (χ0n) is 19.2. The van der Waals surface area contributed by atoms with Gasteiger partial charge in [-0.05, 0) is 61.5 Å². The molecule has 3 saturated carbocycles. The number of nitrogens with two attached hydrogens (primary N) is 1. The minimum absolute atomic E-state index is 0.100. The van der Waals surface area contributed by atoms with E-state index in [2.05, 4.69) is 9.89 Å². The monoisotopic (exact) mass is 496 g/mol. The Morgan fingerprint density at radius 2 is 2.14 bits per heavy atom. The first-order valence-corrected chi connectivity index (χ1v) is 12.9. The van der Waals surface area contributed by atoms with Gasteiger partial charge in [-0.25, -0.2) is 9.18 Å². The molecule has 4 aromatic rings. The summed E-state index contributed by atoms with van der Waals surface area (Å²) in [5, 5.41) is 12.3. The Morgan fingerprint density at radius 1 is 1.37 bits per heavy atom. The predicted octanol–water partition coefficient (Wildman–Crippen LogP) is 3.47. The molecule has 35 heavy (non-hydrogen) atoms. The second-order valence-corrected chi connectivity index (χ2v) is 11.3. The summed E-state index contributed by atoms with van der Waals surface area (Å²) in [7, 11) is 1.66. The first-order valence-electron chi connectivity index (χ1n) is 12.0. The number of thiazole rings is 1. The van der Waals surface area contributed by atoms with Crippen LogP contribution in [-0.2, 0) is 0 Å². The van der Waals surface area contributed by atoms with E-state index in [4.69, 9.17) is 10.5 Å². The van der Waals surface area contributed by atoms with E-state index in [1.54, 1.807) is 11.4 Å². The van der Waals surface area contributed by atoms with Crippen LogP contribution in [0.5, 0.6) is 5.75 Å². The van der Waals surface area contributed by atoms with Gasteiger partial charge >= 0.3 is 6.16 Å². The molecule has 10 heteroatoms.